The zero-order valence-corrected chi connectivity index (χ0v) is 13.1. The van der Waals surface area contributed by atoms with Gasteiger partial charge in [0.1, 0.15) is 18.3 Å². The van der Waals surface area contributed by atoms with Crippen molar-refractivity contribution in [2.75, 3.05) is 6.61 Å². The number of amides is 1. The molecule has 1 aliphatic heterocycles. The lowest BCUT2D eigenvalue weighted by atomic mass is 9.78. The molecule has 1 fully saturated rings. The second-order valence-corrected chi connectivity index (χ2v) is 5.67. The molecule has 0 aliphatic carbocycles. The Kier molecular flexibility index (Phi) is 5.09. The van der Waals surface area contributed by atoms with Crippen LogP contribution in [0.4, 0.5) is 5.69 Å². The number of benzene rings is 1. The number of carbonyl (C=O) groups is 1. The van der Waals surface area contributed by atoms with Crippen molar-refractivity contribution < 1.29 is 40.0 Å². The van der Waals surface area contributed by atoms with Crippen LogP contribution in [-0.4, -0.2) is 67.2 Å². The van der Waals surface area contributed by atoms with E-state index in [0.29, 0.717) is 0 Å². The summed E-state index contributed by atoms with van der Waals surface area (Å²) in [6.45, 7) is 0.180. The van der Waals surface area contributed by atoms with E-state index in [1.807, 2.05) is 5.32 Å². The largest absolute Gasteiger partial charge is 0.394 e. The van der Waals surface area contributed by atoms with Crippen LogP contribution in [0.5, 0.6) is 0 Å². The maximum atomic E-state index is 11.4. The van der Waals surface area contributed by atoms with Crippen LogP contribution < -0.4 is 5.32 Å². The summed E-state index contributed by atoms with van der Waals surface area (Å²) in [5.41, 5.74) is -3.37. The first kappa shape index (κ1) is 19.2. The van der Waals surface area contributed by atoms with E-state index in [1.165, 1.54) is 0 Å². The smallest absolute Gasteiger partial charge is 0.287 e. The average molecular weight is 358 g/mol. The van der Waals surface area contributed by atoms with Gasteiger partial charge >= 0.3 is 0 Å². The van der Waals surface area contributed by atoms with Crippen LogP contribution >= 0.6 is 0 Å². The van der Waals surface area contributed by atoms with E-state index in [9.17, 15) is 40.4 Å². The monoisotopic (exact) mass is 358 g/mol. The molecule has 0 radical (unpaired) electrons. The van der Waals surface area contributed by atoms with Crippen molar-refractivity contribution in [1.29, 1.82) is 0 Å². The van der Waals surface area contributed by atoms with Gasteiger partial charge in [0.15, 0.2) is 5.60 Å². The molecule has 1 aliphatic rings. The third kappa shape index (κ3) is 3.08. The number of non-ortho nitro benzene ring substituents is 1. The summed E-state index contributed by atoms with van der Waals surface area (Å²) in [5.74, 6) is -3.76. The predicted molar refractivity (Wildman–Crippen MR) is 79.7 cm³/mol. The third-order valence-corrected chi connectivity index (χ3v) is 4.01. The fourth-order valence-electron chi connectivity index (χ4n) is 2.74. The molecular formula is C14H18N2O9. The highest BCUT2D eigenvalue weighted by atomic mass is 16.7. The number of nitro benzene ring substituents is 1. The Balaban J connectivity index is 2.57. The van der Waals surface area contributed by atoms with Crippen molar-refractivity contribution in [3.63, 3.8) is 0 Å². The number of nitrogens with zero attached hydrogens (tertiary/aromatic N) is 1. The maximum Gasteiger partial charge on any atom is 0.287 e. The van der Waals surface area contributed by atoms with Crippen molar-refractivity contribution in [3.05, 3.63) is 39.9 Å². The Hall–Kier alpha value is -2.15. The average Bonchev–Trinajstić information content (AvgIpc) is 2.56. The molecule has 2 rings (SSSR count). The standard InChI is InChI=1S/C14H18N2O9/c1-7(18)15-14(22)13(21,12(20)11(19)10(6-17)25-14)8-2-4-9(5-3-8)16(23)24/h2-5,10-12,17,19-22H,6H2,1H3,(H,15,18)/t10-,11+,12+,13-,14-/m1/s1. The molecule has 0 unspecified atom stereocenters. The van der Waals surface area contributed by atoms with Gasteiger partial charge in [-0.25, -0.2) is 0 Å². The van der Waals surface area contributed by atoms with Gasteiger partial charge in [-0.1, -0.05) is 0 Å². The molecule has 0 saturated carbocycles. The quantitative estimate of drug-likeness (QED) is 0.195. The molecule has 5 atom stereocenters. The molecule has 138 valence electrons. The maximum absolute atomic E-state index is 11.4. The third-order valence-electron chi connectivity index (χ3n) is 4.01. The van der Waals surface area contributed by atoms with E-state index in [4.69, 9.17) is 4.74 Å². The van der Waals surface area contributed by atoms with Crippen LogP contribution in [0.25, 0.3) is 0 Å². The van der Waals surface area contributed by atoms with Crippen LogP contribution in [0.1, 0.15) is 12.5 Å². The van der Waals surface area contributed by atoms with Crippen molar-refractivity contribution >= 4 is 11.6 Å². The van der Waals surface area contributed by atoms with Gasteiger partial charge in [0.05, 0.1) is 11.5 Å². The molecule has 0 aromatic heterocycles. The topological polar surface area (TPSA) is 183 Å². The minimum Gasteiger partial charge on any atom is -0.394 e. The lowest BCUT2D eigenvalue weighted by Gasteiger charge is -2.52. The molecule has 11 heteroatoms. The van der Waals surface area contributed by atoms with E-state index in [0.717, 1.165) is 31.2 Å². The van der Waals surface area contributed by atoms with Gasteiger partial charge in [-0.05, 0) is 17.7 Å². The highest BCUT2D eigenvalue weighted by Gasteiger charge is 2.65. The summed E-state index contributed by atoms with van der Waals surface area (Å²) < 4.78 is 5.04. The number of carbonyl (C=O) groups excluding carboxylic acids is 1. The van der Waals surface area contributed by atoms with E-state index in [-0.39, 0.29) is 11.3 Å². The molecule has 1 saturated heterocycles. The second kappa shape index (κ2) is 6.63. The van der Waals surface area contributed by atoms with Crippen molar-refractivity contribution in [3.8, 4) is 0 Å². The molecule has 1 aromatic carbocycles. The highest BCUT2D eigenvalue weighted by molar-refractivity contribution is 5.73. The SMILES string of the molecule is CC(=O)N[C@]1(O)O[C@H](CO)[C@H](O)[C@H](O)[C@]1(O)c1ccc([N+](=O)[O-])cc1. The minimum atomic E-state index is -2.92. The normalized spacial score (nSPS) is 35.2. The number of nitrogens with one attached hydrogen (secondary N) is 1. The van der Waals surface area contributed by atoms with E-state index < -0.39 is 47.3 Å². The van der Waals surface area contributed by atoms with Gasteiger partial charge in [0, 0.05) is 19.1 Å². The van der Waals surface area contributed by atoms with Crippen LogP contribution in [0.2, 0.25) is 0 Å². The van der Waals surface area contributed by atoms with Gasteiger partial charge < -0.3 is 35.6 Å². The molecule has 6 N–H and O–H groups in total. The Morgan fingerprint density at radius 1 is 1.32 bits per heavy atom. The summed E-state index contributed by atoms with van der Waals surface area (Å²) in [7, 11) is 0. The number of rotatable bonds is 4. The fraction of sp³-hybridized carbons (Fsp3) is 0.500. The lowest BCUT2D eigenvalue weighted by Crippen LogP contribution is -2.76. The van der Waals surface area contributed by atoms with Gasteiger partial charge in [-0.2, -0.15) is 0 Å². The van der Waals surface area contributed by atoms with Crippen molar-refractivity contribution in [2.45, 2.75) is 36.7 Å². The Labute approximate surface area is 141 Å². The number of nitro groups is 1. The summed E-state index contributed by atoms with van der Waals surface area (Å²) in [6, 6.07) is 4.06. The first-order valence-electron chi connectivity index (χ1n) is 7.20. The van der Waals surface area contributed by atoms with Gasteiger partial charge in [0.25, 0.3) is 11.6 Å². The number of hydrogen-bond acceptors (Lipinski definition) is 9. The Bertz CT molecular complexity index is 667. The van der Waals surface area contributed by atoms with Gasteiger partial charge in [0.2, 0.25) is 5.91 Å². The lowest BCUT2D eigenvalue weighted by molar-refractivity contribution is -0.403. The molecule has 1 amide bonds. The van der Waals surface area contributed by atoms with Crippen molar-refractivity contribution in [1.82, 2.24) is 5.32 Å². The molecule has 11 nitrogen and oxygen atoms in total. The first-order valence-corrected chi connectivity index (χ1v) is 7.20. The Morgan fingerprint density at radius 2 is 1.88 bits per heavy atom. The molecule has 0 spiro atoms. The first-order chi connectivity index (χ1) is 11.6. The van der Waals surface area contributed by atoms with E-state index in [2.05, 4.69) is 0 Å². The predicted octanol–water partition coefficient (Wildman–Crippen LogP) is -2.32. The number of hydrogen-bond donors (Lipinski definition) is 6. The van der Waals surface area contributed by atoms with Crippen LogP contribution in [0, 0.1) is 10.1 Å². The number of ether oxygens (including phenoxy) is 1. The van der Waals surface area contributed by atoms with Crippen molar-refractivity contribution in [2.24, 2.45) is 0 Å². The molecule has 25 heavy (non-hydrogen) atoms. The zero-order valence-electron chi connectivity index (χ0n) is 13.1. The van der Waals surface area contributed by atoms with Gasteiger partial charge in [-0.3, -0.25) is 14.9 Å². The summed E-state index contributed by atoms with van der Waals surface area (Å²) in [6.07, 6.45) is -5.43. The van der Waals surface area contributed by atoms with Crippen LogP contribution in [0.3, 0.4) is 0 Å². The zero-order chi connectivity index (χ0) is 19.0. The summed E-state index contributed by atoms with van der Waals surface area (Å²) in [4.78, 5) is 21.4. The number of aliphatic hydroxyl groups is 5. The molecular weight excluding hydrogens is 340 g/mol. The van der Waals surface area contributed by atoms with Crippen LogP contribution in [-0.2, 0) is 15.1 Å². The van der Waals surface area contributed by atoms with E-state index in [1.54, 1.807) is 0 Å². The molecule has 1 aromatic rings. The van der Waals surface area contributed by atoms with E-state index >= 15 is 0 Å². The second-order valence-electron chi connectivity index (χ2n) is 5.67. The van der Waals surface area contributed by atoms with Crippen LogP contribution in [0.15, 0.2) is 24.3 Å². The molecule has 1 heterocycles. The van der Waals surface area contributed by atoms with Gasteiger partial charge in [-0.15, -0.1) is 0 Å². The summed E-state index contributed by atoms with van der Waals surface area (Å²) in [5, 5.41) is 63.8. The number of aliphatic hydroxyl groups excluding tert-OH is 3. The minimum absolute atomic E-state index is 0.266. The Morgan fingerprint density at radius 3 is 2.32 bits per heavy atom. The highest BCUT2D eigenvalue weighted by Crippen LogP contribution is 2.43. The summed E-state index contributed by atoms with van der Waals surface area (Å²) >= 11 is 0. The fourth-order valence-corrected chi connectivity index (χ4v) is 2.74. The molecule has 0 bridgehead atoms.